The monoisotopic (exact) mass is 389 g/mol. The van der Waals surface area contributed by atoms with Gasteiger partial charge in [-0.3, -0.25) is 10.1 Å². The van der Waals surface area contributed by atoms with Crippen molar-refractivity contribution in [1.82, 2.24) is 5.32 Å². The zero-order valence-corrected chi connectivity index (χ0v) is 16.0. The molecule has 5 aliphatic heterocycles. The molecule has 8 nitrogen and oxygen atoms in total. The van der Waals surface area contributed by atoms with Crippen LogP contribution in [0.5, 0.6) is 0 Å². The predicted octanol–water partition coefficient (Wildman–Crippen LogP) is 1.29. The molecule has 150 valence electrons. The maximum Gasteiger partial charge on any atom is 0.341 e. The van der Waals surface area contributed by atoms with Crippen molar-refractivity contribution in [3.05, 3.63) is 35.0 Å². The Morgan fingerprint density at radius 2 is 2.04 bits per heavy atom. The van der Waals surface area contributed by atoms with E-state index >= 15 is 0 Å². The van der Waals surface area contributed by atoms with Gasteiger partial charge < -0.3 is 23.7 Å². The summed E-state index contributed by atoms with van der Waals surface area (Å²) in [6, 6.07) is 0.145. The predicted molar refractivity (Wildman–Crippen MR) is 94.2 cm³/mol. The lowest BCUT2D eigenvalue weighted by atomic mass is 9.92. The smallest absolute Gasteiger partial charge is 0.341 e. The fraction of sp³-hybridized carbons (Fsp3) is 0.600. The van der Waals surface area contributed by atoms with E-state index in [4.69, 9.17) is 23.7 Å². The number of carbonyl (C=O) groups is 2. The molecule has 0 aromatic rings. The van der Waals surface area contributed by atoms with Crippen LogP contribution in [-0.2, 0) is 33.3 Å². The lowest BCUT2D eigenvalue weighted by Crippen LogP contribution is -2.44. The molecule has 3 saturated heterocycles. The molecule has 0 spiro atoms. The number of carbonyl (C=O) groups excluding carboxylic acids is 2. The molecular weight excluding hydrogens is 366 g/mol. The van der Waals surface area contributed by atoms with Crippen LogP contribution in [0.1, 0.15) is 27.2 Å². The SMILES string of the molecule is CC1NC2CC(C(=O)OCC(C)(C)COC(=O)C3=C4OC5=C(C=C3)C4O5)C1O2. The Labute approximate surface area is 162 Å². The van der Waals surface area contributed by atoms with Crippen LogP contribution in [0, 0.1) is 11.3 Å². The minimum Gasteiger partial charge on any atom is -0.465 e. The highest BCUT2D eigenvalue weighted by molar-refractivity contribution is 5.94. The molecule has 8 heteroatoms. The summed E-state index contributed by atoms with van der Waals surface area (Å²) < 4.78 is 27.5. The number of fused-ring (bicyclic) bond motifs is 2. The van der Waals surface area contributed by atoms with E-state index in [1.165, 1.54) is 0 Å². The Kier molecular flexibility index (Phi) is 3.86. The van der Waals surface area contributed by atoms with Crippen LogP contribution in [0.4, 0.5) is 0 Å². The Balaban J connectivity index is 1.12. The average molecular weight is 389 g/mol. The summed E-state index contributed by atoms with van der Waals surface area (Å²) in [4.78, 5) is 24.9. The van der Waals surface area contributed by atoms with Crippen LogP contribution in [0.15, 0.2) is 35.0 Å². The second kappa shape index (κ2) is 6.09. The number of esters is 2. The van der Waals surface area contributed by atoms with Crippen LogP contribution >= 0.6 is 0 Å². The van der Waals surface area contributed by atoms with Crippen LogP contribution in [-0.4, -0.2) is 49.6 Å². The second-order valence-electron chi connectivity index (χ2n) is 8.69. The molecule has 5 unspecified atom stereocenters. The maximum absolute atomic E-state index is 12.5. The zero-order valence-electron chi connectivity index (χ0n) is 16.0. The van der Waals surface area contributed by atoms with Gasteiger partial charge in [-0.05, 0) is 19.1 Å². The normalized spacial score (nSPS) is 34.2. The highest BCUT2D eigenvalue weighted by Crippen LogP contribution is 2.47. The second-order valence-corrected chi connectivity index (χ2v) is 8.69. The van der Waals surface area contributed by atoms with Crippen LogP contribution in [0.2, 0.25) is 0 Å². The van der Waals surface area contributed by atoms with Gasteiger partial charge >= 0.3 is 11.9 Å². The van der Waals surface area contributed by atoms with Crippen molar-refractivity contribution < 1.29 is 33.3 Å². The van der Waals surface area contributed by atoms with Crippen molar-refractivity contribution in [2.45, 2.75) is 51.7 Å². The molecule has 6 rings (SSSR count). The topological polar surface area (TPSA) is 92.3 Å². The van der Waals surface area contributed by atoms with Crippen molar-refractivity contribution >= 4 is 11.9 Å². The fourth-order valence-electron chi connectivity index (χ4n) is 4.14. The van der Waals surface area contributed by atoms with Gasteiger partial charge in [0, 0.05) is 17.9 Å². The number of piperidine rings is 1. The van der Waals surface area contributed by atoms with Crippen molar-refractivity contribution in [1.29, 1.82) is 0 Å². The van der Waals surface area contributed by atoms with E-state index in [9.17, 15) is 9.59 Å². The number of rotatable bonds is 6. The third kappa shape index (κ3) is 2.74. The van der Waals surface area contributed by atoms with Gasteiger partial charge in [0.1, 0.15) is 11.8 Å². The van der Waals surface area contributed by atoms with Crippen LogP contribution in [0.25, 0.3) is 0 Å². The first-order valence-electron chi connectivity index (χ1n) is 9.59. The summed E-state index contributed by atoms with van der Waals surface area (Å²) in [5.41, 5.74) is 0.820. The highest BCUT2D eigenvalue weighted by atomic mass is 16.7. The molecule has 6 aliphatic rings. The van der Waals surface area contributed by atoms with Crippen molar-refractivity contribution in [2.24, 2.45) is 11.3 Å². The first-order valence-corrected chi connectivity index (χ1v) is 9.59. The highest BCUT2D eigenvalue weighted by Gasteiger charge is 2.50. The van der Waals surface area contributed by atoms with E-state index in [0.29, 0.717) is 23.7 Å². The summed E-state index contributed by atoms with van der Waals surface area (Å²) in [6.07, 6.45) is 3.68. The first-order chi connectivity index (χ1) is 13.3. The van der Waals surface area contributed by atoms with E-state index in [0.717, 1.165) is 5.57 Å². The molecule has 0 radical (unpaired) electrons. The van der Waals surface area contributed by atoms with E-state index < -0.39 is 11.4 Å². The molecule has 0 aromatic carbocycles. The number of nitrogens with one attached hydrogen (secondary N) is 1. The largest absolute Gasteiger partial charge is 0.465 e. The third-order valence-corrected chi connectivity index (χ3v) is 5.73. The first kappa shape index (κ1) is 17.8. The molecule has 3 fully saturated rings. The molecule has 5 atom stereocenters. The Bertz CT molecular complexity index is 839. The fourth-order valence-corrected chi connectivity index (χ4v) is 4.14. The summed E-state index contributed by atoms with van der Waals surface area (Å²) >= 11 is 0. The Morgan fingerprint density at radius 1 is 1.25 bits per heavy atom. The quantitative estimate of drug-likeness (QED) is 0.680. The molecule has 0 amide bonds. The number of hydrogen-bond donors (Lipinski definition) is 1. The zero-order chi connectivity index (χ0) is 19.6. The van der Waals surface area contributed by atoms with Gasteiger partial charge in [0.05, 0.1) is 30.8 Å². The molecule has 6 bridgehead atoms. The molecule has 1 N–H and O–H groups in total. The Hall–Kier alpha value is -2.32. The van der Waals surface area contributed by atoms with Gasteiger partial charge in [0.15, 0.2) is 11.9 Å². The van der Waals surface area contributed by atoms with Crippen molar-refractivity contribution in [3.63, 3.8) is 0 Å². The molecule has 0 aromatic heterocycles. The molecular formula is C20H23NO7. The summed E-state index contributed by atoms with van der Waals surface area (Å²) in [6.45, 7) is 6.06. The molecule has 0 saturated carbocycles. The van der Waals surface area contributed by atoms with Gasteiger partial charge in [0.25, 0.3) is 5.95 Å². The molecule has 28 heavy (non-hydrogen) atoms. The van der Waals surface area contributed by atoms with Crippen LogP contribution < -0.4 is 5.32 Å². The van der Waals surface area contributed by atoms with Gasteiger partial charge in [-0.1, -0.05) is 13.8 Å². The van der Waals surface area contributed by atoms with Crippen molar-refractivity contribution in [3.8, 4) is 0 Å². The van der Waals surface area contributed by atoms with E-state index in [-0.39, 0.29) is 49.6 Å². The van der Waals surface area contributed by atoms with Gasteiger partial charge in [-0.2, -0.15) is 0 Å². The van der Waals surface area contributed by atoms with Gasteiger partial charge in [0.2, 0.25) is 0 Å². The summed E-state index contributed by atoms with van der Waals surface area (Å²) in [5, 5.41) is 3.27. The van der Waals surface area contributed by atoms with Gasteiger partial charge in [-0.25, -0.2) is 4.79 Å². The lowest BCUT2D eigenvalue weighted by molar-refractivity contribution is -0.156. The van der Waals surface area contributed by atoms with E-state index in [2.05, 4.69) is 5.32 Å². The minimum atomic E-state index is -0.515. The van der Waals surface area contributed by atoms with E-state index in [1.54, 1.807) is 6.08 Å². The lowest BCUT2D eigenvalue weighted by Gasteiger charge is -2.27. The average Bonchev–Trinajstić information content (AvgIpc) is 3.38. The summed E-state index contributed by atoms with van der Waals surface area (Å²) in [7, 11) is 0. The summed E-state index contributed by atoms with van der Waals surface area (Å²) in [5.74, 6) is 0.00801. The van der Waals surface area contributed by atoms with Crippen molar-refractivity contribution in [2.75, 3.05) is 13.2 Å². The third-order valence-electron chi connectivity index (χ3n) is 5.73. The maximum atomic E-state index is 12.5. The number of ether oxygens (including phenoxy) is 5. The standard InChI is InChI=1S/C20H23NO7/c1-9-14-12(6-13(21-9)26-14)18(23)25-8-20(2,3)7-24-17(22)10-4-5-11-16-15(10)27-19(11)28-16/h4-5,9,12-14,16,21H,6-8H2,1-3H3. The van der Waals surface area contributed by atoms with Crippen LogP contribution in [0.3, 0.4) is 0 Å². The van der Waals surface area contributed by atoms with E-state index in [1.807, 2.05) is 26.8 Å². The van der Waals surface area contributed by atoms with Gasteiger partial charge in [-0.15, -0.1) is 0 Å². The molecule has 5 heterocycles. The minimum absolute atomic E-state index is 0.0617. The number of hydrogen-bond acceptors (Lipinski definition) is 8. The molecule has 1 aliphatic carbocycles. The Morgan fingerprint density at radius 3 is 2.79 bits per heavy atom.